The van der Waals surface area contributed by atoms with E-state index in [0.29, 0.717) is 20.2 Å². The number of anilines is 2. The summed E-state index contributed by atoms with van der Waals surface area (Å²) >= 11 is 10.2. The minimum absolute atomic E-state index is 0.177. The van der Waals surface area contributed by atoms with Crippen LogP contribution in [0.25, 0.3) is 0 Å². The molecule has 102 valence electrons. The Morgan fingerprint density at radius 2 is 2.05 bits per heavy atom. The van der Waals surface area contributed by atoms with Crippen LogP contribution in [0.3, 0.4) is 0 Å². The van der Waals surface area contributed by atoms with Crippen molar-refractivity contribution in [3.05, 3.63) is 38.6 Å². The van der Waals surface area contributed by atoms with Gasteiger partial charge in [-0.3, -0.25) is 4.72 Å². The molecule has 0 spiro atoms. The number of aryl methyl sites for hydroxylation is 1. The molecule has 0 aliphatic heterocycles. The molecule has 0 amide bonds. The van der Waals surface area contributed by atoms with E-state index in [-0.39, 0.29) is 4.21 Å². The van der Waals surface area contributed by atoms with Crippen LogP contribution in [0.1, 0.15) is 5.56 Å². The number of rotatable bonds is 3. The highest BCUT2D eigenvalue weighted by Gasteiger charge is 2.18. The zero-order valence-electron chi connectivity index (χ0n) is 9.78. The fourth-order valence-electron chi connectivity index (χ4n) is 1.38. The molecule has 0 aliphatic rings. The molecule has 0 radical (unpaired) electrons. The van der Waals surface area contributed by atoms with E-state index in [1.54, 1.807) is 25.1 Å². The van der Waals surface area contributed by atoms with Gasteiger partial charge in [-0.25, -0.2) is 8.42 Å². The largest absolute Gasteiger partial charge is 0.398 e. The molecule has 0 atom stereocenters. The first-order valence-electron chi connectivity index (χ1n) is 5.13. The van der Waals surface area contributed by atoms with Crippen LogP contribution in [0.4, 0.5) is 11.4 Å². The highest BCUT2D eigenvalue weighted by molar-refractivity contribution is 9.10. The van der Waals surface area contributed by atoms with E-state index in [1.165, 1.54) is 6.07 Å². The molecule has 0 saturated carbocycles. The van der Waals surface area contributed by atoms with Crippen LogP contribution in [0, 0.1) is 6.92 Å². The molecular formula is C11H10BrClN2O2S2. The maximum Gasteiger partial charge on any atom is 0.271 e. The fourth-order valence-corrected chi connectivity index (χ4v) is 4.38. The van der Waals surface area contributed by atoms with Crippen LogP contribution in [-0.2, 0) is 10.0 Å². The minimum atomic E-state index is -3.63. The predicted octanol–water partition coefficient (Wildman–Crippen LogP) is 3.86. The van der Waals surface area contributed by atoms with E-state index in [9.17, 15) is 8.42 Å². The maximum absolute atomic E-state index is 12.2. The first-order valence-corrected chi connectivity index (χ1v) is 8.60. The number of nitrogens with one attached hydrogen (secondary N) is 1. The smallest absolute Gasteiger partial charge is 0.271 e. The van der Waals surface area contributed by atoms with Crippen molar-refractivity contribution in [2.75, 3.05) is 10.5 Å². The summed E-state index contributed by atoms with van der Waals surface area (Å²) in [4.78, 5) is 0. The number of hydrogen-bond donors (Lipinski definition) is 2. The van der Waals surface area contributed by atoms with Gasteiger partial charge in [-0.15, -0.1) is 11.3 Å². The molecule has 0 unspecified atom stereocenters. The van der Waals surface area contributed by atoms with Crippen LogP contribution < -0.4 is 10.5 Å². The molecule has 0 fully saturated rings. The van der Waals surface area contributed by atoms with E-state index < -0.39 is 10.0 Å². The average Bonchev–Trinajstić information content (AvgIpc) is 2.65. The van der Waals surface area contributed by atoms with Crippen molar-refractivity contribution >= 4 is 60.3 Å². The molecule has 1 heterocycles. The van der Waals surface area contributed by atoms with Crippen LogP contribution in [-0.4, -0.2) is 8.42 Å². The molecule has 2 aromatic rings. The van der Waals surface area contributed by atoms with Crippen LogP contribution in [0.5, 0.6) is 0 Å². The van der Waals surface area contributed by atoms with Gasteiger partial charge in [0.15, 0.2) is 0 Å². The Hall–Kier alpha value is -0.760. The van der Waals surface area contributed by atoms with E-state index in [0.717, 1.165) is 16.9 Å². The number of thiophene rings is 1. The number of sulfonamides is 1. The molecule has 0 aliphatic carbocycles. The van der Waals surface area contributed by atoms with Gasteiger partial charge < -0.3 is 5.73 Å². The second-order valence-corrected chi connectivity index (χ2v) is 8.28. The lowest BCUT2D eigenvalue weighted by molar-refractivity contribution is 0.603. The van der Waals surface area contributed by atoms with Gasteiger partial charge >= 0.3 is 0 Å². The molecule has 2 rings (SSSR count). The van der Waals surface area contributed by atoms with Crippen molar-refractivity contribution in [2.24, 2.45) is 0 Å². The molecule has 19 heavy (non-hydrogen) atoms. The molecule has 0 bridgehead atoms. The Labute approximate surface area is 128 Å². The summed E-state index contributed by atoms with van der Waals surface area (Å²) in [6.45, 7) is 1.76. The van der Waals surface area contributed by atoms with E-state index in [2.05, 4.69) is 20.7 Å². The number of nitrogen functional groups attached to an aromatic ring is 1. The highest BCUT2D eigenvalue weighted by Crippen LogP contribution is 2.32. The summed E-state index contributed by atoms with van der Waals surface area (Å²) < 4.78 is 28.1. The van der Waals surface area contributed by atoms with Crippen LogP contribution in [0.15, 0.2) is 32.9 Å². The first kappa shape index (κ1) is 14.6. The van der Waals surface area contributed by atoms with Crippen molar-refractivity contribution in [3.8, 4) is 0 Å². The third kappa shape index (κ3) is 3.22. The molecule has 4 nitrogen and oxygen atoms in total. The summed E-state index contributed by atoms with van der Waals surface area (Å²) in [6, 6.07) is 6.39. The van der Waals surface area contributed by atoms with Crippen molar-refractivity contribution in [1.29, 1.82) is 0 Å². The van der Waals surface area contributed by atoms with E-state index in [1.807, 2.05) is 0 Å². The SMILES string of the molecule is Cc1cc(S(=O)(=O)Nc2ccc(Br)c(N)c2)sc1Cl. The summed E-state index contributed by atoms with van der Waals surface area (Å²) in [6.07, 6.45) is 0. The number of nitrogens with two attached hydrogens (primary N) is 1. The summed E-state index contributed by atoms with van der Waals surface area (Å²) in [7, 11) is -3.63. The lowest BCUT2D eigenvalue weighted by atomic mass is 10.3. The van der Waals surface area contributed by atoms with Gasteiger partial charge in [0.2, 0.25) is 0 Å². The Bertz CT molecular complexity index is 709. The zero-order chi connectivity index (χ0) is 14.2. The van der Waals surface area contributed by atoms with Crippen LogP contribution in [0.2, 0.25) is 4.34 Å². The highest BCUT2D eigenvalue weighted by atomic mass is 79.9. The fraction of sp³-hybridized carbons (Fsp3) is 0.0909. The third-order valence-corrected chi connectivity index (χ3v) is 6.48. The zero-order valence-corrected chi connectivity index (χ0v) is 13.8. The number of halogens is 2. The number of benzene rings is 1. The topological polar surface area (TPSA) is 72.2 Å². The Morgan fingerprint density at radius 1 is 1.37 bits per heavy atom. The Kier molecular flexibility index (Phi) is 4.10. The lowest BCUT2D eigenvalue weighted by Gasteiger charge is -2.07. The molecular weight excluding hydrogens is 372 g/mol. The van der Waals surface area contributed by atoms with E-state index in [4.69, 9.17) is 17.3 Å². The summed E-state index contributed by atoms with van der Waals surface area (Å²) in [5.41, 5.74) is 7.31. The molecule has 8 heteroatoms. The molecule has 0 saturated heterocycles. The maximum atomic E-state index is 12.2. The van der Waals surface area contributed by atoms with Gasteiger partial charge in [-0.1, -0.05) is 11.6 Å². The minimum Gasteiger partial charge on any atom is -0.398 e. The first-order chi connectivity index (χ1) is 8.79. The Morgan fingerprint density at radius 3 is 2.58 bits per heavy atom. The van der Waals surface area contributed by atoms with Gasteiger partial charge in [-0.05, 0) is 52.7 Å². The Balaban J connectivity index is 2.33. The average molecular weight is 382 g/mol. The van der Waals surface area contributed by atoms with Gasteiger partial charge in [0.05, 0.1) is 10.0 Å². The van der Waals surface area contributed by atoms with Crippen LogP contribution >= 0.6 is 38.9 Å². The monoisotopic (exact) mass is 380 g/mol. The van der Waals surface area contributed by atoms with Crippen molar-refractivity contribution in [3.63, 3.8) is 0 Å². The molecule has 1 aromatic carbocycles. The third-order valence-electron chi connectivity index (χ3n) is 2.35. The van der Waals surface area contributed by atoms with Crippen molar-refractivity contribution in [2.45, 2.75) is 11.1 Å². The second kappa shape index (κ2) is 5.32. The standard InChI is InChI=1S/C11H10BrClN2O2S2/c1-6-4-10(18-11(6)13)19(16,17)15-7-2-3-8(12)9(14)5-7/h2-5,15H,14H2,1H3. The normalized spacial score (nSPS) is 11.5. The summed E-state index contributed by atoms with van der Waals surface area (Å²) in [5.74, 6) is 0. The van der Waals surface area contributed by atoms with Crippen molar-refractivity contribution < 1.29 is 8.42 Å². The predicted molar refractivity (Wildman–Crippen MR) is 83.4 cm³/mol. The number of hydrogen-bond acceptors (Lipinski definition) is 4. The molecule has 1 aromatic heterocycles. The quantitative estimate of drug-likeness (QED) is 0.793. The molecule has 3 N–H and O–H groups in total. The van der Waals surface area contributed by atoms with Gasteiger partial charge in [0.25, 0.3) is 10.0 Å². The van der Waals surface area contributed by atoms with Gasteiger partial charge in [0, 0.05) is 10.2 Å². The second-order valence-electron chi connectivity index (χ2n) is 3.86. The van der Waals surface area contributed by atoms with E-state index >= 15 is 0 Å². The van der Waals surface area contributed by atoms with Gasteiger partial charge in [-0.2, -0.15) is 0 Å². The summed E-state index contributed by atoms with van der Waals surface area (Å²) in [5, 5.41) is 0. The van der Waals surface area contributed by atoms with Gasteiger partial charge in [0.1, 0.15) is 4.21 Å². The van der Waals surface area contributed by atoms with Crippen molar-refractivity contribution in [1.82, 2.24) is 0 Å². The lowest BCUT2D eigenvalue weighted by Crippen LogP contribution is -2.11.